The van der Waals surface area contributed by atoms with E-state index in [1.807, 2.05) is 13.8 Å². The highest BCUT2D eigenvalue weighted by atomic mass is 35.5. The molecule has 0 aromatic heterocycles. The van der Waals surface area contributed by atoms with Crippen LogP contribution in [0, 0.1) is 0 Å². The summed E-state index contributed by atoms with van der Waals surface area (Å²) < 4.78 is 0. The minimum Gasteiger partial charge on any atom is -0.355 e. The van der Waals surface area contributed by atoms with Crippen molar-refractivity contribution < 1.29 is 9.59 Å². The lowest BCUT2D eigenvalue weighted by atomic mass is 10.0. The van der Waals surface area contributed by atoms with Crippen molar-refractivity contribution in [1.82, 2.24) is 15.5 Å². The van der Waals surface area contributed by atoms with Gasteiger partial charge in [0.2, 0.25) is 11.8 Å². The van der Waals surface area contributed by atoms with Crippen LogP contribution in [0.15, 0.2) is 0 Å². The van der Waals surface area contributed by atoms with Crippen LogP contribution in [0.4, 0.5) is 0 Å². The van der Waals surface area contributed by atoms with Gasteiger partial charge in [0.05, 0.1) is 6.54 Å². The molecule has 0 radical (unpaired) electrons. The Bertz CT molecular complexity index is 335. The van der Waals surface area contributed by atoms with Crippen LogP contribution in [0.3, 0.4) is 0 Å². The van der Waals surface area contributed by atoms with Crippen LogP contribution < -0.4 is 16.4 Å². The summed E-state index contributed by atoms with van der Waals surface area (Å²) in [6.45, 7) is 6.88. The molecule has 6 nitrogen and oxygen atoms in total. The van der Waals surface area contributed by atoms with Crippen molar-refractivity contribution in [2.45, 2.75) is 58.0 Å². The minimum atomic E-state index is 0. The van der Waals surface area contributed by atoms with E-state index >= 15 is 0 Å². The number of likely N-dealkylation sites (tertiary alicyclic amines) is 1. The highest BCUT2D eigenvalue weighted by Gasteiger charge is 2.21. The van der Waals surface area contributed by atoms with E-state index < -0.39 is 0 Å². The molecule has 23 heavy (non-hydrogen) atoms. The van der Waals surface area contributed by atoms with Gasteiger partial charge in [-0.05, 0) is 32.6 Å². The Morgan fingerprint density at radius 1 is 1.22 bits per heavy atom. The number of carbonyl (C=O) groups excluding carboxylic acids is 2. The topological polar surface area (TPSA) is 87.5 Å². The van der Waals surface area contributed by atoms with E-state index in [9.17, 15) is 9.59 Å². The van der Waals surface area contributed by atoms with Gasteiger partial charge in [0, 0.05) is 38.1 Å². The zero-order chi connectivity index (χ0) is 15.7. The minimum absolute atomic E-state index is 0. The summed E-state index contributed by atoms with van der Waals surface area (Å²) in [6, 6.07) is 0.305. The molecule has 138 valence electrons. The van der Waals surface area contributed by atoms with Gasteiger partial charge in [-0.25, -0.2) is 0 Å². The maximum Gasteiger partial charge on any atom is 0.234 e. The van der Waals surface area contributed by atoms with Crippen molar-refractivity contribution in [3.63, 3.8) is 0 Å². The summed E-state index contributed by atoms with van der Waals surface area (Å²) in [4.78, 5) is 25.5. The van der Waals surface area contributed by atoms with Gasteiger partial charge >= 0.3 is 0 Å². The summed E-state index contributed by atoms with van der Waals surface area (Å²) in [7, 11) is 0. The number of halogens is 2. The average Bonchev–Trinajstić information content (AvgIpc) is 2.45. The van der Waals surface area contributed by atoms with Crippen LogP contribution in [-0.4, -0.2) is 55.0 Å². The van der Waals surface area contributed by atoms with Gasteiger partial charge in [0.1, 0.15) is 0 Å². The third-order valence-corrected chi connectivity index (χ3v) is 3.72. The van der Waals surface area contributed by atoms with Gasteiger partial charge in [-0.15, -0.1) is 24.8 Å². The first-order chi connectivity index (χ1) is 10.0. The third-order valence-electron chi connectivity index (χ3n) is 3.72. The largest absolute Gasteiger partial charge is 0.355 e. The number of piperidine rings is 1. The smallest absolute Gasteiger partial charge is 0.234 e. The van der Waals surface area contributed by atoms with Gasteiger partial charge in [-0.1, -0.05) is 6.92 Å². The number of nitrogens with zero attached hydrogens (tertiary/aromatic N) is 1. The molecule has 0 bridgehead atoms. The van der Waals surface area contributed by atoms with Gasteiger partial charge in [0.15, 0.2) is 0 Å². The van der Waals surface area contributed by atoms with Crippen molar-refractivity contribution in [3.8, 4) is 0 Å². The van der Waals surface area contributed by atoms with E-state index in [4.69, 9.17) is 5.73 Å². The lowest BCUT2D eigenvalue weighted by Gasteiger charge is -2.31. The van der Waals surface area contributed by atoms with E-state index in [2.05, 4.69) is 15.5 Å². The molecule has 0 aliphatic carbocycles. The Labute approximate surface area is 152 Å². The maximum absolute atomic E-state index is 11.7. The predicted octanol–water partition coefficient (Wildman–Crippen LogP) is 1.06. The number of nitrogens with one attached hydrogen (secondary N) is 2. The van der Waals surface area contributed by atoms with Crippen LogP contribution >= 0.6 is 24.8 Å². The number of carbonyl (C=O) groups is 2. The van der Waals surface area contributed by atoms with Gasteiger partial charge < -0.3 is 16.4 Å². The molecule has 0 saturated carbocycles. The predicted molar refractivity (Wildman–Crippen MR) is 98.3 cm³/mol. The number of hydrogen-bond donors (Lipinski definition) is 3. The molecule has 1 heterocycles. The Hall–Kier alpha value is -0.560. The zero-order valence-electron chi connectivity index (χ0n) is 14.2. The molecule has 1 aliphatic rings. The normalized spacial score (nSPS) is 16.7. The van der Waals surface area contributed by atoms with Crippen LogP contribution in [0.2, 0.25) is 0 Å². The molecule has 1 saturated heterocycles. The van der Waals surface area contributed by atoms with Crippen molar-refractivity contribution >= 4 is 36.6 Å². The van der Waals surface area contributed by atoms with Crippen LogP contribution in [0.5, 0.6) is 0 Å². The molecule has 4 N–H and O–H groups in total. The molecule has 0 spiro atoms. The van der Waals surface area contributed by atoms with E-state index in [1.54, 1.807) is 0 Å². The maximum atomic E-state index is 11.7. The van der Waals surface area contributed by atoms with E-state index in [1.165, 1.54) is 0 Å². The second kappa shape index (κ2) is 13.8. The van der Waals surface area contributed by atoms with E-state index in [-0.39, 0.29) is 48.7 Å². The Morgan fingerprint density at radius 3 is 2.35 bits per heavy atom. The van der Waals surface area contributed by atoms with Gasteiger partial charge in [-0.3, -0.25) is 14.5 Å². The summed E-state index contributed by atoms with van der Waals surface area (Å²) in [5, 5.41) is 5.95. The summed E-state index contributed by atoms with van der Waals surface area (Å²) in [6.07, 6.45) is 4.00. The molecular formula is C15H32Cl2N4O2. The summed E-state index contributed by atoms with van der Waals surface area (Å²) in [5.74, 6) is 0.183. The molecule has 1 rings (SSSR count). The molecule has 2 amide bonds. The Kier molecular flexibility index (Phi) is 14.9. The van der Waals surface area contributed by atoms with Crippen molar-refractivity contribution in [1.29, 1.82) is 0 Å². The quantitative estimate of drug-likeness (QED) is 0.596. The van der Waals surface area contributed by atoms with Crippen LogP contribution in [0.1, 0.15) is 46.0 Å². The highest BCUT2D eigenvalue weighted by molar-refractivity contribution is 5.85. The van der Waals surface area contributed by atoms with Crippen LogP contribution in [-0.2, 0) is 9.59 Å². The molecule has 0 aromatic carbocycles. The highest BCUT2D eigenvalue weighted by Crippen LogP contribution is 2.10. The Balaban J connectivity index is 0. The monoisotopic (exact) mass is 370 g/mol. The molecule has 8 heteroatoms. The van der Waals surface area contributed by atoms with Crippen LogP contribution in [0.25, 0.3) is 0 Å². The zero-order valence-corrected chi connectivity index (χ0v) is 15.8. The van der Waals surface area contributed by atoms with E-state index in [0.717, 1.165) is 45.3 Å². The second-order valence-electron chi connectivity index (χ2n) is 5.98. The molecular weight excluding hydrogens is 339 g/mol. The van der Waals surface area contributed by atoms with Crippen molar-refractivity contribution in [2.75, 3.05) is 26.2 Å². The lowest BCUT2D eigenvalue weighted by molar-refractivity contribution is -0.124. The number of amides is 2. The fraction of sp³-hybridized carbons (Fsp3) is 0.867. The standard InChI is InChI=1S/C15H30N4O2.2ClH/c1-3-8-17-15(21)11-19-9-6-13(7-10-19)18-14(20)5-4-12(2)16;;/h12-13H,3-11,16H2,1-2H3,(H,17,21)(H,18,20);2*1H. The molecule has 0 aromatic rings. The van der Waals surface area contributed by atoms with Crippen molar-refractivity contribution in [2.24, 2.45) is 5.73 Å². The number of nitrogens with two attached hydrogens (primary N) is 1. The fourth-order valence-corrected chi connectivity index (χ4v) is 2.42. The first-order valence-corrected chi connectivity index (χ1v) is 8.05. The third kappa shape index (κ3) is 11.6. The Morgan fingerprint density at radius 2 is 1.83 bits per heavy atom. The fourth-order valence-electron chi connectivity index (χ4n) is 2.42. The molecule has 1 fully saturated rings. The lowest BCUT2D eigenvalue weighted by Crippen LogP contribution is -2.47. The second-order valence-corrected chi connectivity index (χ2v) is 5.98. The summed E-state index contributed by atoms with van der Waals surface area (Å²) >= 11 is 0. The number of hydrogen-bond acceptors (Lipinski definition) is 4. The van der Waals surface area contributed by atoms with E-state index in [0.29, 0.717) is 13.0 Å². The summed E-state index contributed by atoms with van der Waals surface area (Å²) in [5.41, 5.74) is 5.65. The molecule has 1 atom stereocenters. The number of rotatable bonds is 8. The average molecular weight is 371 g/mol. The van der Waals surface area contributed by atoms with Gasteiger partial charge in [-0.2, -0.15) is 0 Å². The first-order valence-electron chi connectivity index (χ1n) is 8.05. The molecule has 1 unspecified atom stereocenters. The molecule has 1 aliphatic heterocycles. The van der Waals surface area contributed by atoms with Gasteiger partial charge in [0.25, 0.3) is 0 Å². The van der Waals surface area contributed by atoms with Crippen molar-refractivity contribution in [3.05, 3.63) is 0 Å². The SMILES string of the molecule is CCCNC(=O)CN1CCC(NC(=O)CCC(C)N)CC1.Cl.Cl. The first kappa shape index (κ1) is 24.7.